The number of hydrogen-bond donors (Lipinski definition) is 0. The van der Waals surface area contributed by atoms with Crippen LogP contribution in [0.2, 0.25) is 0 Å². The van der Waals surface area contributed by atoms with Gasteiger partial charge in [-0.2, -0.15) is 0 Å². The molecule has 0 aromatic rings. The first-order valence-electron chi connectivity index (χ1n) is 5.62. The van der Waals surface area contributed by atoms with E-state index in [4.69, 9.17) is 14.2 Å². The molecule has 1 saturated heterocycles. The van der Waals surface area contributed by atoms with E-state index >= 15 is 0 Å². The Morgan fingerprint density at radius 2 is 1.82 bits per heavy atom. The van der Waals surface area contributed by atoms with Crippen LogP contribution in [0.4, 0.5) is 0 Å². The number of ether oxygens (including phenoxy) is 3. The molecular weight excluding hydrogens is 228 g/mol. The van der Waals surface area contributed by atoms with Gasteiger partial charge in [-0.05, 0) is 20.3 Å². The van der Waals surface area contributed by atoms with Gasteiger partial charge >= 0.3 is 17.9 Å². The minimum atomic E-state index is -1.17. The van der Waals surface area contributed by atoms with Gasteiger partial charge in [0.25, 0.3) is 0 Å². The van der Waals surface area contributed by atoms with Crippen molar-refractivity contribution in [2.45, 2.75) is 32.8 Å². The number of rotatable bonds is 5. The molecule has 0 aromatic carbocycles. The van der Waals surface area contributed by atoms with Crippen molar-refractivity contribution in [3.8, 4) is 0 Å². The molecule has 96 valence electrons. The molecule has 0 aromatic heterocycles. The van der Waals surface area contributed by atoms with Crippen LogP contribution in [0.5, 0.6) is 0 Å². The first-order chi connectivity index (χ1) is 8.10. The molecule has 1 fully saturated rings. The third kappa shape index (κ3) is 3.44. The molecule has 17 heavy (non-hydrogen) atoms. The van der Waals surface area contributed by atoms with Gasteiger partial charge in [-0.1, -0.05) is 0 Å². The van der Waals surface area contributed by atoms with Gasteiger partial charge in [-0.3, -0.25) is 14.4 Å². The van der Waals surface area contributed by atoms with E-state index in [2.05, 4.69) is 0 Å². The molecule has 1 rings (SSSR count). The zero-order valence-electron chi connectivity index (χ0n) is 9.93. The lowest BCUT2D eigenvalue weighted by Crippen LogP contribution is -2.37. The summed E-state index contributed by atoms with van der Waals surface area (Å²) in [5.41, 5.74) is 0. The van der Waals surface area contributed by atoms with E-state index < -0.39 is 29.9 Å². The van der Waals surface area contributed by atoms with E-state index in [1.807, 2.05) is 0 Å². The fourth-order valence-electron chi connectivity index (χ4n) is 1.65. The molecule has 6 heteroatoms. The molecule has 0 radical (unpaired) electrons. The standard InChI is InChI=1S/C11H16O6/c1-3-15-10(13)9(11(14)16-4-2)7-5-6-8(12)17-7/h7,9H,3-6H2,1-2H3. The predicted octanol–water partition coefficient (Wildman–Crippen LogP) is 0.434. The first kappa shape index (κ1) is 13.5. The van der Waals surface area contributed by atoms with Crippen molar-refractivity contribution in [1.82, 2.24) is 0 Å². The zero-order valence-corrected chi connectivity index (χ0v) is 9.93. The molecule has 1 aliphatic heterocycles. The van der Waals surface area contributed by atoms with Gasteiger partial charge in [0.2, 0.25) is 0 Å². The van der Waals surface area contributed by atoms with Crippen LogP contribution >= 0.6 is 0 Å². The summed E-state index contributed by atoms with van der Waals surface area (Å²) in [5.74, 6) is -2.98. The van der Waals surface area contributed by atoms with E-state index in [1.54, 1.807) is 13.8 Å². The lowest BCUT2D eigenvalue weighted by atomic mass is 10.0. The average Bonchev–Trinajstić information content (AvgIpc) is 2.66. The van der Waals surface area contributed by atoms with Gasteiger partial charge in [0.1, 0.15) is 6.10 Å². The Hall–Kier alpha value is -1.59. The minimum Gasteiger partial charge on any atom is -0.465 e. The molecule has 0 N–H and O–H groups in total. The molecule has 1 aliphatic rings. The highest BCUT2D eigenvalue weighted by atomic mass is 16.6. The Balaban J connectivity index is 2.74. The first-order valence-corrected chi connectivity index (χ1v) is 5.62. The van der Waals surface area contributed by atoms with Crippen molar-refractivity contribution in [1.29, 1.82) is 0 Å². The number of carbonyl (C=O) groups excluding carboxylic acids is 3. The normalized spacial score (nSPS) is 19.0. The van der Waals surface area contributed by atoms with Crippen LogP contribution in [0.3, 0.4) is 0 Å². The SMILES string of the molecule is CCOC(=O)C(C(=O)OCC)C1CCC(=O)O1. The number of esters is 3. The van der Waals surface area contributed by atoms with Gasteiger partial charge in [0, 0.05) is 6.42 Å². The second-order valence-corrected chi connectivity index (χ2v) is 3.55. The highest BCUT2D eigenvalue weighted by Gasteiger charge is 2.42. The molecule has 0 amide bonds. The van der Waals surface area contributed by atoms with Crippen molar-refractivity contribution in [3.63, 3.8) is 0 Å². The maximum absolute atomic E-state index is 11.6. The van der Waals surface area contributed by atoms with Crippen LogP contribution in [-0.4, -0.2) is 37.2 Å². The predicted molar refractivity (Wildman–Crippen MR) is 55.9 cm³/mol. The summed E-state index contributed by atoms with van der Waals surface area (Å²) in [7, 11) is 0. The van der Waals surface area contributed by atoms with Crippen molar-refractivity contribution in [2.24, 2.45) is 5.92 Å². The fraction of sp³-hybridized carbons (Fsp3) is 0.727. The van der Waals surface area contributed by atoms with E-state index in [-0.39, 0.29) is 19.6 Å². The summed E-state index contributed by atoms with van der Waals surface area (Å²) in [5, 5.41) is 0. The Labute approximate surface area is 99.2 Å². The van der Waals surface area contributed by atoms with Gasteiger partial charge in [0.15, 0.2) is 5.92 Å². The summed E-state index contributed by atoms with van der Waals surface area (Å²) >= 11 is 0. The highest BCUT2D eigenvalue weighted by molar-refractivity contribution is 5.96. The Bertz CT molecular complexity index is 293. The zero-order chi connectivity index (χ0) is 12.8. The van der Waals surface area contributed by atoms with Gasteiger partial charge in [0.05, 0.1) is 13.2 Å². The Kier molecular flexibility index (Phi) is 4.93. The molecule has 6 nitrogen and oxygen atoms in total. The molecule has 0 spiro atoms. The largest absolute Gasteiger partial charge is 0.465 e. The highest BCUT2D eigenvalue weighted by Crippen LogP contribution is 2.23. The number of hydrogen-bond acceptors (Lipinski definition) is 6. The van der Waals surface area contributed by atoms with Crippen molar-refractivity contribution >= 4 is 17.9 Å². The van der Waals surface area contributed by atoms with Gasteiger partial charge < -0.3 is 14.2 Å². The van der Waals surface area contributed by atoms with Crippen LogP contribution in [0.25, 0.3) is 0 Å². The molecule has 1 heterocycles. The molecule has 1 unspecified atom stereocenters. The van der Waals surface area contributed by atoms with Gasteiger partial charge in [-0.25, -0.2) is 0 Å². The van der Waals surface area contributed by atoms with E-state index in [9.17, 15) is 14.4 Å². The Morgan fingerprint density at radius 3 is 2.18 bits per heavy atom. The maximum atomic E-state index is 11.6. The van der Waals surface area contributed by atoms with E-state index in [1.165, 1.54) is 0 Å². The van der Waals surface area contributed by atoms with E-state index in [0.717, 1.165) is 0 Å². The van der Waals surface area contributed by atoms with Crippen molar-refractivity contribution in [3.05, 3.63) is 0 Å². The number of carbonyl (C=O) groups is 3. The van der Waals surface area contributed by atoms with Crippen LogP contribution in [-0.2, 0) is 28.6 Å². The summed E-state index contributed by atoms with van der Waals surface area (Å²) in [4.78, 5) is 34.3. The summed E-state index contributed by atoms with van der Waals surface area (Å²) in [6.45, 7) is 3.60. The third-order valence-corrected chi connectivity index (χ3v) is 2.37. The summed E-state index contributed by atoms with van der Waals surface area (Å²) in [6.07, 6.45) is -0.221. The van der Waals surface area contributed by atoms with Crippen LogP contribution in [0.15, 0.2) is 0 Å². The third-order valence-electron chi connectivity index (χ3n) is 2.37. The molecule has 1 atom stereocenters. The maximum Gasteiger partial charge on any atom is 0.324 e. The molecule has 0 saturated carbocycles. The lowest BCUT2D eigenvalue weighted by Gasteiger charge is -2.18. The van der Waals surface area contributed by atoms with Crippen LogP contribution in [0.1, 0.15) is 26.7 Å². The topological polar surface area (TPSA) is 78.9 Å². The lowest BCUT2D eigenvalue weighted by molar-refractivity contribution is -0.169. The summed E-state index contributed by atoms with van der Waals surface area (Å²) < 4.78 is 14.5. The second kappa shape index (κ2) is 6.22. The quantitative estimate of drug-likeness (QED) is 0.396. The number of cyclic esters (lactones) is 1. The second-order valence-electron chi connectivity index (χ2n) is 3.55. The van der Waals surface area contributed by atoms with Crippen LogP contribution < -0.4 is 0 Å². The summed E-state index contributed by atoms with van der Waals surface area (Å²) in [6, 6.07) is 0. The minimum absolute atomic E-state index is 0.162. The Morgan fingerprint density at radius 1 is 1.29 bits per heavy atom. The molecule has 0 aliphatic carbocycles. The van der Waals surface area contributed by atoms with Crippen molar-refractivity contribution < 1.29 is 28.6 Å². The average molecular weight is 244 g/mol. The molecular formula is C11H16O6. The monoisotopic (exact) mass is 244 g/mol. The van der Waals surface area contributed by atoms with E-state index in [0.29, 0.717) is 6.42 Å². The smallest absolute Gasteiger partial charge is 0.324 e. The molecule has 0 bridgehead atoms. The van der Waals surface area contributed by atoms with Crippen LogP contribution in [0, 0.1) is 5.92 Å². The van der Waals surface area contributed by atoms with Gasteiger partial charge in [-0.15, -0.1) is 0 Å². The van der Waals surface area contributed by atoms with Crippen molar-refractivity contribution in [2.75, 3.05) is 13.2 Å². The fourth-order valence-corrected chi connectivity index (χ4v) is 1.65.